The maximum absolute atomic E-state index is 13.7. The number of imidazole rings is 1. The first kappa shape index (κ1) is 21.3. The SMILES string of the molecule is COc1ccc(CC(=O)Nc2ccc(-c3nc4ccccc4n3C(F)F)cc2)c(OC)c1. The Morgan fingerprint density at radius 1 is 1.03 bits per heavy atom. The molecule has 0 fully saturated rings. The third-order valence-corrected chi connectivity index (χ3v) is 5.06. The molecule has 4 rings (SSSR count). The van der Waals surface area contributed by atoms with Crippen LogP contribution in [0.2, 0.25) is 0 Å². The number of ether oxygens (including phenoxy) is 2. The van der Waals surface area contributed by atoms with Crippen molar-refractivity contribution in [3.8, 4) is 22.9 Å². The van der Waals surface area contributed by atoms with Gasteiger partial charge in [0.15, 0.2) is 0 Å². The molecule has 0 bridgehead atoms. The fourth-order valence-electron chi connectivity index (χ4n) is 3.52. The Morgan fingerprint density at radius 2 is 1.78 bits per heavy atom. The van der Waals surface area contributed by atoms with Crippen molar-refractivity contribution in [1.29, 1.82) is 0 Å². The number of nitrogens with zero attached hydrogens (tertiary/aromatic N) is 2. The molecule has 8 heteroatoms. The summed E-state index contributed by atoms with van der Waals surface area (Å²) in [6.45, 7) is -2.73. The van der Waals surface area contributed by atoms with E-state index in [1.807, 2.05) is 0 Å². The van der Waals surface area contributed by atoms with Gasteiger partial charge in [-0.05, 0) is 42.5 Å². The highest BCUT2D eigenvalue weighted by Crippen LogP contribution is 2.30. The van der Waals surface area contributed by atoms with Crippen molar-refractivity contribution in [2.75, 3.05) is 19.5 Å². The van der Waals surface area contributed by atoms with Gasteiger partial charge in [-0.2, -0.15) is 8.78 Å². The van der Waals surface area contributed by atoms with Crippen LogP contribution in [0.25, 0.3) is 22.4 Å². The van der Waals surface area contributed by atoms with Crippen molar-refractivity contribution in [1.82, 2.24) is 9.55 Å². The zero-order valence-electron chi connectivity index (χ0n) is 17.5. The quantitative estimate of drug-likeness (QED) is 0.426. The van der Waals surface area contributed by atoms with Gasteiger partial charge in [0.05, 0.1) is 31.7 Å². The molecule has 4 aromatic rings. The van der Waals surface area contributed by atoms with E-state index >= 15 is 0 Å². The Balaban J connectivity index is 1.52. The predicted octanol–water partition coefficient (Wildman–Crippen LogP) is 5.30. The van der Waals surface area contributed by atoms with Gasteiger partial charge in [-0.1, -0.05) is 18.2 Å². The van der Waals surface area contributed by atoms with E-state index in [1.165, 1.54) is 7.11 Å². The second-order valence-electron chi connectivity index (χ2n) is 7.05. The van der Waals surface area contributed by atoms with Crippen LogP contribution in [0.3, 0.4) is 0 Å². The number of anilines is 1. The van der Waals surface area contributed by atoms with Crippen molar-refractivity contribution in [3.63, 3.8) is 0 Å². The van der Waals surface area contributed by atoms with E-state index in [-0.39, 0.29) is 18.2 Å². The van der Waals surface area contributed by atoms with Crippen LogP contribution in [0, 0.1) is 0 Å². The summed E-state index contributed by atoms with van der Waals surface area (Å²) >= 11 is 0. The van der Waals surface area contributed by atoms with Crippen molar-refractivity contribution in [2.24, 2.45) is 0 Å². The topological polar surface area (TPSA) is 65.4 Å². The Morgan fingerprint density at radius 3 is 2.47 bits per heavy atom. The molecule has 0 saturated heterocycles. The molecular weight excluding hydrogens is 416 g/mol. The number of alkyl halides is 2. The van der Waals surface area contributed by atoms with Crippen molar-refractivity contribution >= 4 is 22.6 Å². The number of amides is 1. The molecule has 1 amide bonds. The average molecular weight is 437 g/mol. The highest BCUT2D eigenvalue weighted by Gasteiger charge is 2.19. The first-order valence-corrected chi connectivity index (χ1v) is 9.86. The number of fused-ring (bicyclic) bond motifs is 1. The lowest BCUT2D eigenvalue weighted by Crippen LogP contribution is -2.15. The number of halogens is 2. The largest absolute Gasteiger partial charge is 0.497 e. The number of nitrogens with one attached hydrogen (secondary N) is 1. The Hall–Kier alpha value is -3.94. The zero-order valence-corrected chi connectivity index (χ0v) is 17.5. The Bertz CT molecular complexity index is 1250. The molecule has 0 radical (unpaired) electrons. The third-order valence-electron chi connectivity index (χ3n) is 5.06. The van der Waals surface area contributed by atoms with E-state index in [9.17, 15) is 13.6 Å². The maximum atomic E-state index is 13.7. The van der Waals surface area contributed by atoms with Crippen LogP contribution in [0.5, 0.6) is 11.5 Å². The molecule has 1 heterocycles. The number of para-hydroxylation sites is 2. The summed E-state index contributed by atoms with van der Waals surface area (Å²) in [4.78, 5) is 16.9. The molecule has 3 aromatic carbocycles. The minimum atomic E-state index is -2.73. The number of carbonyl (C=O) groups excluding carboxylic acids is 1. The van der Waals surface area contributed by atoms with Crippen molar-refractivity contribution < 1.29 is 23.0 Å². The number of benzene rings is 3. The highest BCUT2D eigenvalue weighted by molar-refractivity contribution is 5.93. The van der Waals surface area contributed by atoms with Crippen LogP contribution in [0.4, 0.5) is 14.5 Å². The Labute approximate surface area is 183 Å². The van der Waals surface area contributed by atoms with Crippen LogP contribution in [0.1, 0.15) is 12.1 Å². The van der Waals surface area contributed by atoms with E-state index in [2.05, 4.69) is 10.3 Å². The fraction of sp³-hybridized carbons (Fsp3) is 0.167. The van der Waals surface area contributed by atoms with E-state index in [1.54, 1.807) is 73.8 Å². The van der Waals surface area contributed by atoms with E-state index < -0.39 is 6.55 Å². The second-order valence-corrected chi connectivity index (χ2v) is 7.05. The smallest absolute Gasteiger partial charge is 0.320 e. The van der Waals surface area contributed by atoms with Crippen molar-refractivity contribution in [2.45, 2.75) is 13.0 Å². The van der Waals surface area contributed by atoms with Gasteiger partial charge in [0.2, 0.25) is 5.91 Å². The van der Waals surface area contributed by atoms with Gasteiger partial charge in [0.1, 0.15) is 17.3 Å². The number of hydrogen-bond donors (Lipinski definition) is 1. The summed E-state index contributed by atoms with van der Waals surface area (Å²) < 4.78 is 38.8. The molecular formula is C24H21F2N3O3. The number of methoxy groups -OCH3 is 2. The molecule has 0 atom stereocenters. The summed E-state index contributed by atoms with van der Waals surface area (Å²) in [5.74, 6) is 1.13. The fourth-order valence-corrected chi connectivity index (χ4v) is 3.52. The Kier molecular flexibility index (Phi) is 6.02. The lowest BCUT2D eigenvalue weighted by molar-refractivity contribution is -0.115. The van der Waals surface area contributed by atoms with E-state index in [4.69, 9.17) is 9.47 Å². The molecule has 6 nitrogen and oxygen atoms in total. The number of hydrogen-bond acceptors (Lipinski definition) is 4. The maximum Gasteiger partial charge on any atom is 0.320 e. The minimum absolute atomic E-state index is 0.107. The minimum Gasteiger partial charge on any atom is -0.497 e. The lowest BCUT2D eigenvalue weighted by atomic mass is 10.1. The van der Waals surface area contributed by atoms with Gasteiger partial charge >= 0.3 is 6.55 Å². The second kappa shape index (κ2) is 9.05. The van der Waals surface area contributed by atoms with Gasteiger partial charge in [-0.25, -0.2) is 4.98 Å². The molecule has 1 aromatic heterocycles. The molecule has 0 unspecified atom stereocenters. The summed E-state index contributed by atoms with van der Waals surface area (Å²) in [5, 5.41) is 2.81. The van der Waals surface area contributed by atoms with Gasteiger partial charge in [-0.15, -0.1) is 0 Å². The van der Waals surface area contributed by atoms with Crippen LogP contribution in [-0.4, -0.2) is 29.7 Å². The van der Waals surface area contributed by atoms with Crippen LogP contribution >= 0.6 is 0 Å². The molecule has 0 spiro atoms. The number of aromatic nitrogens is 2. The van der Waals surface area contributed by atoms with Crippen molar-refractivity contribution in [3.05, 3.63) is 72.3 Å². The summed E-state index contributed by atoms with van der Waals surface area (Å²) in [6.07, 6.45) is 0.107. The van der Waals surface area contributed by atoms with E-state index in [0.717, 1.165) is 4.57 Å². The highest BCUT2D eigenvalue weighted by atomic mass is 19.3. The normalized spacial score (nSPS) is 11.0. The zero-order chi connectivity index (χ0) is 22.7. The molecule has 0 aliphatic heterocycles. The lowest BCUT2D eigenvalue weighted by Gasteiger charge is -2.11. The first-order chi connectivity index (χ1) is 15.5. The summed E-state index contributed by atoms with van der Waals surface area (Å²) in [6, 6.07) is 18.6. The van der Waals surface area contributed by atoms with Crippen LogP contribution in [0.15, 0.2) is 66.7 Å². The van der Waals surface area contributed by atoms with Crippen LogP contribution < -0.4 is 14.8 Å². The van der Waals surface area contributed by atoms with Gasteiger partial charge < -0.3 is 14.8 Å². The third kappa shape index (κ3) is 4.25. The standard InChI is InChI=1S/C24H21F2N3O3/c1-31-18-12-9-16(21(14-18)32-2)13-22(30)27-17-10-7-15(8-11-17)23-28-19-5-3-4-6-20(19)29(23)24(25)26/h3-12,14,24H,13H2,1-2H3,(H,27,30). The molecule has 164 valence electrons. The van der Waals surface area contributed by atoms with E-state index in [0.29, 0.717) is 39.3 Å². The molecule has 1 N–H and O–H groups in total. The number of rotatable bonds is 7. The molecule has 0 saturated carbocycles. The van der Waals surface area contributed by atoms with Gasteiger partial charge in [-0.3, -0.25) is 9.36 Å². The summed E-state index contributed by atoms with van der Waals surface area (Å²) in [5.41, 5.74) is 2.65. The number of carbonyl (C=O) groups is 1. The predicted molar refractivity (Wildman–Crippen MR) is 118 cm³/mol. The first-order valence-electron chi connectivity index (χ1n) is 9.86. The molecule has 0 aliphatic carbocycles. The average Bonchev–Trinajstić information content (AvgIpc) is 3.19. The summed E-state index contributed by atoms with van der Waals surface area (Å²) in [7, 11) is 3.09. The monoisotopic (exact) mass is 437 g/mol. The van der Waals surface area contributed by atoms with Crippen LogP contribution in [-0.2, 0) is 11.2 Å². The molecule has 32 heavy (non-hydrogen) atoms. The van der Waals surface area contributed by atoms with Gasteiger partial charge in [0.25, 0.3) is 0 Å². The molecule has 0 aliphatic rings. The van der Waals surface area contributed by atoms with Gasteiger partial charge in [0, 0.05) is 22.9 Å².